The number of ether oxygens (including phenoxy) is 1. The number of nitro benzene ring substituents is 1. The van der Waals surface area contributed by atoms with Crippen LogP contribution in [0, 0.1) is 10.1 Å². The maximum absolute atomic E-state index is 12.7. The van der Waals surface area contributed by atoms with Crippen LogP contribution in [0.2, 0.25) is 0 Å². The smallest absolute Gasteiger partial charge is 0.341 e. The fraction of sp³-hybridized carbons (Fsp3) is 0.368. The molecule has 0 bridgehead atoms. The molecule has 0 unspecified atom stereocenters. The number of carbonyl (C=O) groups excluding carboxylic acids is 2. The molecular formula is C19H21N3O7S2. The number of nitro groups is 1. The minimum absolute atomic E-state index is 0.00820. The minimum atomic E-state index is -3.92. The van der Waals surface area contributed by atoms with Crippen molar-refractivity contribution >= 4 is 49.6 Å². The molecule has 0 fully saturated rings. The Hall–Kier alpha value is -2.99. The summed E-state index contributed by atoms with van der Waals surface area (Å²) in [6, 6.07) is 5.01. The van der Waals surface area contributed by atoms with Gasteiger partial charge in [0.1, 0.15) is 11.5 Å². The second kappa shape index (κ2) is 9.02. The molecule has 166 valence electrons. The Kier molecular flexibility index (Phi) is 6.60. The number of benzene rings is 1. The van der Waals surface area contributed by atoms with E-state index in [1.54, 1.807) is 6.92 Å². The first-order valence-electron chi connectivity index (χ1n) is 9.45. The fourth-order valence-electron chi connectivity index (χ4n) is 3.37. The molecule has 0 saturated heterocycles. The van der Waals surface area contributed by atoms with Gasteiger partial charge in [-0.2, -0.15) is 0 Å². The number of esters is 1. The van der Waals surface area contributed by atoms with Gasteiger partial charge in [-0.3, -0.25) is 19.2 Å². The van der Waals surface area contributed by atoms with Gasteiger partial charge in [-0.1, -0.05) is 6.07 Å². The first-order chi connectivity index (χ1) is 14.6. The molecule has 1 aliphatic rings. The molecule has 1 N–H and O–H groups in total. The second-order valence-electron chi connectivity index (χ2n) is 6.88. The van der Waals surface area contributed by atoms with E-state index in [-0.39, 0.29) is 18.0 Å². The van der Waals surface area contributed by atoms with Crippen molar-refractivity contribution in [3.8, 4) is 0 Å². The Morgan fingerprint density at radius 2 is 2.06 bits per heavy atom. The second-order valence-corrected chi connectivity index (χ2v) is 9.89. The number of fused-ring (bicyclic) bond motifs is 1. The molecule has 0 spiro atoms. The predicted molar refractivity (Wildman–Crippen MR) is 116 cm³/mol. The molecule has 12 heteroatoms. The average Bonchev–Trinajstić information content (AvgIpc) is 3.26. The lowest BCUT2D eigenvalue weighted by Gasteiger charge is -2.21. The van der Waals surface area contributed by atoms with Crippen LogP contribution in [0.5, 0.6) is 0 Å². The number of hydrogen-bond acceptors (Lipinski definition) is 8. The lowest BCUT2D eigenvalue weighted by molar-refractivity contribution is -0.384. The maximum Gasteiger partial charge on any atom is 0.341 e. The zero-order valence-corrected chi connectivity index (χ0v) is 18.5. The third kappa shape index (κ3) is 5.02. The number of anilines is 2. The van der Waals surface area contributed by atoms with Crippen molar-refractivity contribution in [2.75, 3.05) is 29.0 Å². The van der Waals surface area contributed by atoms with E-state index in [4.69, 9.17) is 4.74 Å². The van der Waals surface area contributed by atoms with Crippen LogP contribution in [-0.4, -0.2) is 44.6 Å². The van der Waals surface area contributed by atoms with E-state index in [1.807, 2.05) is 0 Å². The number of rotatable bonds is 8. The lowest BCUT2D eigenvalue weighted by Crippen LogP contribution is -2.37. The number of nitrogens with one attached hydrogen (secondary N) is 1. The molecule has 0 atom stereocenters. The number of nitrogens with zero attached hydrogens (tertiary/aromatic N) is 2. The number of carbonyl (C=O) groups is 2. The van der Waals surface area contributed by atoms with Gasteiger partial charge in [-0.25, -0.2) is 13.2 Å². The molecule has 1 heterocycles. The van der Waals surface area contributed by atoms with Gasteiger partial charge in [0.25, 0.3) is 5.69 Å². The number of aryl methyl sites for hydroxylation is 1. The molecule has 2 aromatic rings. The molecule has 3 rings (SSSR count). The molecule has 1 aliphatic carbocycles. The Labute approximate surface area is 183 Å². The molecule has 1 aromatic carbocycles. The van der Waals surface area contributed by atoms with Crippen molar-refractivity contribution in [1.82, 2.24) is 0 Å². The van der Waals surface area contributed by atoms with Gasteiger partial charge in [0, 0.05) is 17.0 Å². The van der Waals surface area contributed by atoms with Crippen molar-refractivity contribution in [2.24, 2.45) is 0 Å². The van der Waals surface area contributed by atoms with Crippen molar-refractivity contribution in [3.63, 3.8) is 0 Å². The van der Waals surface area contributed by atoms with Gasteiger partial charge in [0.05, 0.1) is 29.0 Å². The van der Waals surface area contributed by atoms with Crippen LogP contribution in [0.15, 0.2) is 24.3 Å². The molecule has 0 saturated carbocycles. The Balaban J connectivity index is 1.87. The van der Waals surface area contributed by atoms with E-state index in [2.05, 4.69) is 5.32 Å². The van der Waals surface area contributed by atoms with Gasteiger partial charge in [0.2, 0.25) is 15.9 Å². The third-order valence-electron chi connectivity index (χ3n) is 4.67. The lowest BCUT2D eigenvalue weighted by atomic mass is 10.1. The topological polar surface area (TPSA) is 136 Å². The SMILES string of the molecule is CCOC(=O)c1c(NC(=O)CN(c2cccc([N+](=O)[O-])c2)S(C)(=O)=O)sc2c1CCC2. The molecule has 10 nitrogen and oxygen atoms in total. The number of non-ortho nitro benzene ring substituents is 1. The monoisotopic (exact) mass is 467 g/mol. The molecule has 1 amide bonds. The van der Waals surface area contributed by atoms with Gasteiger partial charge in [-0.05, 0) is 37.8 Å². The summed E-state index contributed by atoms with van der Waals surface area (Å²) in [6.07, 6.45) is 3.32. The number of hydrogen-bond donors (Lipinski definition) is 1. The van der Waals surface area contributed by atoms with E-state index >= 15 is 0 Å². The van der Waals surface area contributed by atoms with Crippen LogP contribution in [0.1, 0.15) is 34.1 Å². The zero-order chi connectivity index (χ0) is 22.8. The summed E-state index contributed by atoms with van der Waals surface area (Å²) in [6.45, 7) is 1.27. The van der Waals surface area contributed by atoms with Gasteiger partial charge >= 0.3 is 5.97 Å². The number of thiophene rings is 1. The van der Waals surface area contributed by atoms with E-state index in [0.29, 0.717) is 17.0 Å². The highest BCUT2D eigenvalue weighted by molar-refractivity contribution is 7.92. The minimum Gasteiger partial charge on any atom is -0.462 e. The molecule has 0 aliphatic heterocycles. The summed E-state index contributed by atoms with van der Waals surface area (Å²) < 4.78 is 30.5. The van der Waals surface area contributed by atoms with Crippen molar-refractivity contribution in [2.45, 2.75) is 26.2 Å². The summed E-state index contributed by atoms with van der Waals surface area (Å²) >= 11 is 1.28. The molecule has 0 radical (unpaired) electrons. The van der Waals surface area contributed by atoms with Crippen LogP contribution in [-0.2, 0) is 32.4 Å². The van der Waals surface area contributed by atoms with E-state index in [1.165, 1.54) is 29.5 Å². The number of amides is 1. The Bertz CT molecular complexity index is 1140. The average molecular weight is 468 g/mol. The predicted octanol–water partition coefficient (Wildman–Crippen LogP) is 2.73. The third-order valence-corrected chi connectivity index (χ3v) is 7.02. The van der Waals surface area contributed by atoms with Crippen LogP contribution in [0.25, 0.3) is 0 Å². The highest BCUT2D eigenvalue weighted by atomic mass is 32.2. The highest BCUT2D eigenvalue weighted by Gasteiger charge is 2.29. The summed E-state index contributed by atoms with van der Waals surface area (Å²) in [4.78, 5) is 36.5. The normalized spacial score (nSPS) is 12.8. The van der Waals surface area contributed by atoms with Gasteiger partial charge in [-0.15, -0.1) is 11.3 Å². The van der Waals surface area contributed by atoms with Crippen LogP contribution >= 0.6 is 11.3 Å². The van der Waals surface area contributed by atoms with Crippen molar-refractivity contribution in [3.05, 3.63) is 50.4 Å². The summed E-state index contributed by atoms with van der Waals surface area (Å²) in [5, 5.41) is 14.0. The van der Waals surface area contributed by atoms with Gasteiger partial charge in [0.15, 0.2) is 0 Å². The number of sulfonamides is 1. The van der Waals surface area contributed by atoms with Crippen molar-refractivity contribution < 1.29 is 27.7 Å². The summed E-state index contributed by atoms with van der Waals surface area (Å²) in [5.41, 5.74) is 0.864. The fourth-order valence-corrected chi connectivity index (χ4v) is 5.51. The quantitative estimate of drug-likeness (QED) is 0.358. The first-order valence-corrected chi connectivity index (χ1v) is 12.1. The molecular weight excluding hydrogens is 446 g/mol. The largest absolute Gasteiger partial charge is 0.462 e. The van der Waals surface area contributed by atoms with Crippen molar-refractivity contribution in [1.29, 1.82) is 0 Å². The van der Waals surface area contributed by atoms with Crippen LogP contribution < -0.4 is 9.62 Å². The summed E-state index contributed by atoms with van der Waals surface area (Å²) in [7, 11) is -3.92. The van der Waals surface area contributed by atoms with Crippen LogP contribution in [0.4, 0.5) is 16.4 Å². The zero-order valence-electron chi connectivity index (χ0n) is 16.9. The Morgan fingerprint density at radius 1 is 1.32 bits per heavy atom. The first kappa shape index (κ1) is 22.7. The van der Waals surface area contributed by atoms with E-state index < -0.39 is 33.4 Å². The molecule has 31 heavy (non-hydrogen) atoms. The molecule has 1 aromatic heterocycles. The summed E-state index contributed by atoms with van der Waals surface area (Å²) in [5.74, 6) is -1.21. The highest BCUT2D eigenvalue weighted by Crippen LogP contribution is 2.39. The van der Waals surface area contributed by atoms with E-state index in [0.717, 1.165) is 39.9 Å². The van der Waals surface area contributed by atoms with Gasteiger partial charge < -0.3 is 10.1 Å². The van der Waals surface area contributed by atoms with Crippen LogP contribution in [0.3, 0.4) is 0 Å². The van der Waals surface area contributed by atoms with E-state index in [9.17, 15) is 28.1 Å². The maximum atomic E-state index is 12.7. The standard InChI is InChI=1S/C19H21N3O7S2/c1-3-29-19(24)17-14-8-5-9-15(14)30-18(17)20-16(23)11-21(31(2,27)28)12-6-4-7-13(10-12)22(25)26/h4,6-7,10H,3,5,8-9,11H2,1-2H3,(H,20,23). The Morgan fingerprint density at radius 3 is 2.71 bits per heavy atom.